The fraction of sp³-hybridized carbons (Fsp3) is 0.200. The van der Waals surface area contributed by atoms with Crippen LogP contribution in [0.1, 0.15) is 22.2 Å². The molecule has 0 spiro atoms. The lowest BCUT2D eigenvalue weighted by atomic mass is 10.1. The van der Waals surface area contributed by atoms with E-state index in [4.69, 9.17) is 21.1 Å². The fourth-order valence-corrected chi connectivity index (χ4v) is 5.44. The van der Waals surface area contributed by atoms with E-state index >= 15 is 0 Å². The molecule has 0 saturated carbocycles. The SMILES string of the molecule is COc1cc([C@H](C[N+](=O)[O-])Sc2nnc(C)n2-c2ccc(Cl)cc2)cc(Br)c1OCc1ccc(F)cc1. The minimum absolute atomic E-state index is 0.186. The monoisotopic (exact) mass is 606 g/mol. The van der Waals surface area contributed by atoms with Crippen LogP contribution in [0.3, 0.4) is 0 Å². The number of thioether (sulfide) groups is 1. The Morgan fingerprint density at radius 1 is 1.16 bits per heavy atom. The van der Waals surface area contributed by atoms with E-state index in [1.165, 1.54) is 31.0 Å². The Morgan fingerprint density at radius 2 is 1.86 bits per heavy atom. The third-order valence-corrected chi connectivity index (χ3v) is 7.38. The summed E-state index contributed by atoms with van der Waals surface area (Å²) in [5.41, 5.74) is 2.21. The van der Waals surface area contributed by atoms with Crippen LogP contribution in [0.2, 0.25) is 5.02 Å². The number of aromatic nitrogens is 3. The largest absolute Gasteiger partial charge is 0.493 e. The molecular formula is C25H21BrClFN4O4S. The molecule has 12 heteroatoms. The third kappa shape index (κ3) is 6.60. The summed E-state index contributed by atoms with van der Waals surface area (Å²) in [5.74, 6) is 1.13. The number of rotatable bonds is 10. The van der Waals surface area contributed by atoms with Gasteiger partial charge in [0.25, 0.3) is 0 Å². The molecule has 0 aliphatic carbocycles. The van der Waals surface area contributed by atoms with Gasteiger partial charge in [-0.1, -0.05) is 35.5 Å². The maximum absolute atomic E-state index is 13.2. The van der Waals surface area contributed by atoms with Crippen LogP contribution in [0.25, 0.3) is 5.69 Å². The van der Waals surface area contributed by atoms with E-state index in [-0.39, 0.29) is 23.9 Å². The molecule has 0 amide bonds. The summed E-state index contributed by atoms with van der Waals surface area (Å²) in [4.78, 5) is 11.2. The highest BCUT2D eigenvalue weighted by Gasteiger charge is 2.26. The molecule has 4 aromatic rings. The second-order valence-corrected chi connectivity index (χ2v) is 10.4. The van der Waals surface area contributed by atoms with Crippen LogP contribution in [0, 0.1) is 22.9 Å². The van der Waals surface area contributed by atoms with Crippen LogP contribution < -0.4 is 9.47 Å². The number of benzene rings is 3. The molecule has 4 rings (SSSR count). The number of ether oxygens (including phenoxy) is 2. The molecule has 0 aliphatic heterocycles. The van der Waals surface area contributed by atoms with Crippen molar-refractivity contribution in [3.63, 3.8) is 0 Å². The highest BCUT2D eigenvalue weighted by atomic mass is 79.9. The Kier molecular flexibility index (Phi) is 8.67. The van der Waals surface area contributed by atoms with Gasteiger partial charge in [0.2, 0.25) is 6.54 Å². The van der Waals surface area contributed by atoms with Gasteiger partial charge in [0.05, 0.1) is 11.6 Å². The van der Waals surface area contributed by atoms with Crippen LogP contribution >= 0.6 is 39.3 Å². The molecule has 37 heavy (non-hydrogen) atoms. The van der Waals surface area contributed by atoms with E-state index in [0.717, 1.165) is 11.3 Å². The van der Waals surface area contributed by atoms with Crippen LogP contribution in [-0.4, -0.2) is 33.3 Å². The molecular weight excluding hydrogens is 587 g/mol. The number of nitrogens with zero attached hydrogens (tertiary/aromatic N) is 4. The minimum Gasteiger partial charge on any atom is -0.493 e. The van der Waals surface area contributed by atoms with E-state index in [2.05, 4.69) is 26.1 Å². The average Bonchev–Trinajstić information content (AvgIpc) is 3.23. The van der Waals surface area contributed by atoms with Crippen molar-refractivity contribution in [1.29, 1.82) is 0 Å². The molecule has 0 saturated heterocycles. The maximum Gasteiger partial charge on any atom is 0.220 e. The zero-order chi connectivity index (χ0) is 26.5. The zero-order valence-corrected chi connectivity index (χ0v) is 22.9. The fourth-order valence-electron chi connectivity index (χ4n) is 3.58. The number of halogens is 3. The molecule has 1 heterocycles. The maximum atomic E-state index is 13.2. The van der Waals surface area contributed by atoms with E-state index in [1.807, 2.05) is 16.7 Å². The molecule has 0 N–H and O–H groups in total. The van der Waals surface area contributed by atoms with Crippen molar-refractivity contribution in [1.82, 2.24) is 14.8 Å². The van der Waals surface area contributed by atoms with Crippen molar-refractivity contribution < 1.29 is 18.8 Å². The average molecular weight is 608 g/mol. The van der Waals surface area contributed by atoms with Crippen molar-refractivity contribution >= 4 is 39.3 Å². The molecule has 0 aliphatic rings. The lowest BCUT2D eigenvalue weighted by molar-refractivity contribution is -0.479. The number of methoxy groups -OCH3 is 1. The summed E-state index contributed by atoms with van der Waals surface area (Å²) in [7, 11) is 1.49. The second-order valence-electron chi connectivity index (χ2n) is 7.91. The summed E-state index contributed by atoms with van der Waals surface area (Å²) >= 11 is 10.8. The van der Waals surface area contributed by atoms with Crippen molar-refractivity contribution in [2.24, 2.45) is 0 Å². The van der Waals surface area contributed by atoms with Crippen LogP contribution in [0.5, 0.6) is 11.5 Å². The first-order valence-electron chi connectivity index (χ1n) is 11.0. The number of aryl methyl sites for hydroxylation is 1. The molecule has 1 aromatic heterocycles. The molecule has 0 unspecified atom stereocenters. The van der Waals surface area contributed by atoms with Crippen LogP contribution in [-0.2, 0) is 6.61 Å². The van der Waals surface area contributed by atoms with Crippen LogP contribution in [0.15, 0.2) is 70.3 Å². The Morgan fingerprint density at radius 3 is 2.51 bits per heavy atom. The van der Waals surface area contributed by atoms with Gasteiger partial charge in [-0.15, -0.1) is 10.2 Å². The lowest BCUT2D eigenvalue weighted by Gasteiger charge is -2.18. The van der Waals surface area contributed by atoms with Crippen molar-refractivity contribution in [3.8, 4) is 17.2 Å². The van der Waals surface area contributed by atoms with Gasteiger partial charge in [-0.2, -0.15) is 0 Å². The van der Waals surface area contributed by atoms with Gasteiger partial charge in [0.1, 0.15) is 23.5 Å². The molecule has 0 radical (unpaired) electrons. The van der Waals surface area contributed by atoms with Gasteiger partial charge in [0.15, 0.2) is 16.7 Å². The Balaban J connectivity index is 1.64. The van der Waals surface area contributed by atoms with Crippen molar-refractivity contribution in [2.75, 3.05) is 13.7 Å². The third-order valence-electron chi connectivity index (χ3n) is 5.36. The van der Waals surface area contributed by atoms with E-state index in [1.54, 1.807) is 43.3 Å². The highest BCUT2D eigenvalue weighted by molar-refractivity contribution is 9.10. The molecule has 192 valence electrons. The quantitative estimate of drug-likeness (QED) is 0.111. The van der Waals surface area contributed by atoms with E-state index in [0.29, 0.717) is 37.5 Å². The van der Waals surface area contributed by atoms with Crippen molar-refractivity contribution in [2.45, 2.75) is 23.9 Å². The second kappa shape index (κ2) is 11.9. The molecule has 3 aromatic carbocycles. The predicted octanol–water partition coefficient (Wildman–Crippen LogP) is 6.83. The topological polar surface area (TPSA) is 92.3 Å². The summed E-state index contributed by atoms with van der Waals surface area (Å²) in [6.07, 6.45) is 0. The summed E-state index contributed by atoms with van der Waals surface area (Å²) < 4.78 is 27.1. The smallest absolute Gasteiger partial charge is 0.220 e. The Labute approximate surface area is 230 Å². The molecule has 0 fully saturated rings. The Bertz CT molecular complexity index is 1400. The Hall–Kier alpha value is -3.15. The standard InChI is InChI=1S/C25H21BrClFN4O4S/c1-15-29-30-25(32(15)20-9-5-18(27)6-10-20)37-23(13-31(33)34)17-11-21(26)24(22(12-17)35-2)36-14-16-3-7-19(28)8-4-16/h3-12,23H,13-14H2,1-2H3/t23-/m0/s1. The van der Waals surface area contributed by atoms with Gasteiger partial charge < -0.3 is 9.47 Å². The van der Waals surface area contributed by atoms with Gasteiger partial charge >= 0.3 is 0 Å². The van der Waals surface area contributed by atoms with Crippen LogP contribution in [0.4, 0.5) is 4.39 Å². The predicted molar refractivity (Wildman–Crippen MR) is 143 cm³/mol. The van der Waals surface area contributed by atoms with E-state index < -0.39 is 5.25 Å². The summed E-state index contributed by atoms with van der Waals surface area (Å²) in [6, 6.07) is 16.6. The minimum atomic E-state index is -0.610. The zero-order valence-electron chi connectivity index (χ0n) is 19.7. The normalized spacial score (nSPS) is 11.8. The van der Waals surface area contributed by atoms with Gasteiger partial charge in [-0.25, -0.2) is 4.39 Å². The first-order chi connectivity index (χ1) is 17.7. The first-order valence-corrected chi connectivity index (χ1v) is 13.0. The van der Waals surface area contributed by atoms with Gasteiger partial charge in [0, 0.05) is 15.6 Å². The number of hydrogen-bond acceptors (Lipinski definition) is 7. The van der Waals surface area contributed by atoms with E-state index in [9.17, 15) is 14.5 Å². The molecule has 8 nitrogen and oxygen atoms in total. The van der Waals surface area contributed by atoms with Gasteiger partial charge in [-0.05, 0) is 82.5 Å². The number of nitro groups is 1. The molecule has 0 bridgehead atoms. The summed E-state index contributed by atoms with van der Waals surface area (Å²) in [5, 5.41) is 20.5. The van der Waals surface area contributed by atoms with Crippen molar-refractivity contribution in [3.05, 3.63) is 103 Å². The highest BCUT2D eigenvalue weighted by Crippen LogP contribution is 2.43. The summed E-state index contributed by atoms with van der Waals surface area (Å²) in [6.45, 7) is 1.63. The molecule has 1 atom stereocenters. The lowest BCUT2D eigenvalue weighted by Crippen LogP contribution is -2.12. The number of hydrogen-bond donors (Lipinski definition) is 0. The van der Waals surface area contributed by atoms with Gasteiger partial charge in [-0.3, -0.25) is 14.7 Å². The first kappa shape index (κ1) is 26.9.